The van der Waals surface area contributed by atoms with Crippen molar-refractivity contribution in [2.45, 2.75) is 52.6 Å². The highest BCUT2D eigenvalue weighted by atomic mass is 15.2. The summed E-state index contributed by atoms with van der Waals surface area (Å²) < 4.78 is 0. The maximum absolute atomic E-state index is 6.05. The first kappa shape index (κ1) is 12.0. The summed E-state index contributed by atoms with van der Waals surface area (Å²) >= 11 is 0. The van der Waals surface area contributed by atoms with Crippen molar-refractivity contribution in [2.24, 2.45) is 17.6 Å². The van der Waals surface area contributed by atoms with E-state index in [1.54, 1.807) is 0 Å². The van der Waals surface area contributed by atoms with Crippen LogP contribution in [-0.4, -0.2) is 30.1 Å². The van der Waals surface area contributed by atoms with Crippen LogP contribution in [-0.2, 0) is 0 Å². The van der Waals surface area contributed by atoms with Gasteiger partial charge in [-0.25, -0.2) is 0 Å². The zero-order valence-corrected chi connectivity index (χ0v) is 10.2. The molecule has 1 fully saturated rings. The zero-order chi connectivity index (χ0) is 10.7. The lowest BCUT2D eigenvalue weighted by Gasteiger charge is -2.24. The standard InChI is InChI=1S/C12H26N2/c1-9(2)12(13)5-6-14-8-10(3)7-11(14)4/h9-12H,5-8,13H2,1-4H3. The lowest BCUT2D eigenvalue weighted by atomic mass is 10.0. The van der Waals surface area contributed by atoms with Crippen molar-refractivity contribution in [3.63, 3.8) is 0 Å². The van der Waals surface area contributed by atoms with Crippen molar-refractivity contribution in [1.29, 1.82) is 0 Å². The minimum atomic E-state index is 0.373. The normalized spacial score (nSPS) is 31.3. The highest BCUT2D eigenvalue weighted by Crippen LogP contribution is 2.22. The Hall–Kier alpha value is -0.0800. The molecule has 1 aliphatic rings. The van der Waals surface area contributed by atoms with E-state index in [0.29, 0.717) is 12.0 Å². The van der Waals surface area contributed by atoms with Gasteiger partial charge in [0.05, 0.1) is 0 Å². The van der Waals surface area contributed by atoms with Gasteiger partial charge in [-0.05, 0) is 38.1 Å². The third-order valence-electron chi connectivity index (χ3n) is 3.52. The van der Waals surface area contributed by atoms with E-state index in [4.69, 9.17) is 5.73 Å². The van der Waals surface area contributed by atoms with Crippen molar-refractivity contribution in [3.8, 4) is 0 Å². The molecule has 0 bridgehead atoms. The number of rotatable bonds is 4. The second-order valence-electron chi connectivity index (χ2n) is 5.38. The number of hydrogen-bond donors (Lipinski definition) is 1. The zero-order valence-electron chi connectivity index (χ0n) is 10.2. The van der Waals surface area contributed by atoms with Crippen molar-refractivity contribution < 1.29 is 0 Å². The topological polar surface area (TPSA) is 29.3 Å². The molecule has 0 amide bonds. The molecule has 1 rings (SSSR count). The van der Waals surface area contributed by atoms with Crippen LogP contribution in [0.3, 0.4) is 0 Å². The smallest absolute Gasteiger partial charge is 0.00740 e. The summed E-state index contributed by atoms with van der Waals surface area (Å²) in [4.78, 5) is 2.59. The van der Waals surface area contributed by atoms with E-state index in [-0.39, 0.29) is 0 Å². The molecule has 84 valence electrons. The summed E-state index contributed by atoms with van der Waals surface area (Å²) in [5.41, 5.74) is 6.05. The summed E-state index contributed by atoms with van der Waals surface area (Å²) in [5, 5.41) is 0. The van der Waals surface area contributed by atoms with E-state index in [1.165, 1.54) is 19.5 Å². The Balaban J connectivity index is 2.24. The Bertz CT molecular complexity index is 168. The first-order chi connectivity index (χ1) is 6.50. The predicted octanol–water partition coefficient (Wildman–Crippen LogP) is 2.09. The molecule has 14 heavy (non-hydrogen) atoms. The molecule has 0 aromatic carbocycles. The van der Waals surface area contributed by atoms with Gasteiger partial charge in [-0.3, -0.25) is 0 Å². The van der Waals surface area contributed by atoms with Crippen LogP contribution in [0.25, 0.3) is 0 Å². The van der Waals surface area contributed by atoms with E-state index in [0.717, 1.165) is 18.4 Å². The van der Waals surface area contributed by atoms with Gasteiger partial charge < -0.3 is 10.6 Å². The highest BCUT2D eigenvalue weighted by molar-refractivity contribution is 4.81. The van der Waals surface area contributed by atoms with Gasteiger partial charge in [0.1, 0.15) is 0 Å². The molecule has 0 radical (unpaired) electrons. The molecule has 2 N–H and O–H groups in total. The molecule has 0 aromatic heterocycles. The highest BCUT2D eigenvalue weighted by Gasteiger charge is 2.25. The molecule has 0 aromatic rings. The van der Waals surface area contributed by atoms with Gasteiger partial charge in [-0.15, -0.1) is 0 Å². The van der Waals surface area contributed by atoms with Gasteiger partial charge in [0.25, 0.3) is 0 Å². The first-order valence-corrected chi connectivity index (χ1v) is 6.00. The van der Waals surface area contributed by atoms with Crippen LogP contribution < -0.4 is 5.73 Å². The Labute approximate surface area is 88.8 Å². The van der Waals surface area contributed by atoms with Crippen LogP contribution in [0.15, 0.2) is 0 Å². The van der Waals surface area contributed by atoms with E-state index in [9.17, 15) is 0 Å². The molecule has 1 saturated heterocycles. The average molecular weight is 198 g/mol. The average Bonchev–Trinajstić information content (AvgIpc) is 2.40. The van der Waals surface area contributed by atoms with Crippen LogP contribution in [0, 0.1) is 11.8 Å². The van der Waals surface area contributed by atoms with Crippen LogP contribution in [0.1, 0.15) is 40.5 Å². The Morgan fingerprint density at radius 2 is 2.00 bits per heavy atom. The maximum Gasteiger partial charge on any atom is 0.00740 e. The molecule has 0 aliphatic carbocycles. The van der Waals surface area contributed by atoms with Crippen LogP contribution in [0.5, 0.6) is 0 Å². The molecular formula is C12H26N2. The lowest BCUT2D eigenvalue weighted by molar-refractivity contribution is 0.246. The quantitative estimate of drug-likeness (QED) is 0.749. The third-order valence-corrected chi connectivity index (χ3v) is 3.52. The summed E-state index contributed by atoms with van der Waals surface area (Å²) in [6.07, 6.45) is 2.51. The van der Waals surface area contributed by atoms with Crippen molar-refractivity contribution in [3.05, 3.63) is 0 Å². The fourth-order valence-corrected chi connectivity index (χ4v) is 2.35. The largest absolute Gasteiger partial charge is 0.327 e. The van der Waals surface area contributed by atoms with Gasteiger partial charge in [-0.1, -0.05) is 20.8 Å². The van der Waals surface area contributed by atoms with E-state index in [1.807, 2.05) is 0 Å². The molecule has 2 nitrogen and oxygen atoms in total. The van der Waals surface area contributed by atoms with Crippen molar-refractivity contribution in [1.82, 2.24) is 4.90 Å². The molecule has 0 saturated carbocycles. The van der Waals surface area contributed by atoms with E-state index in [2.05, 4.69) is 32.6 Å². The second kappa shape index (κ2) is 5.13. The van der Waals surface area contributed by atoms with Gasteiger partial charge in [0.15, 0.2) is 0 Å². The predicted molar refractivity (Wildman–Crippen MR) is 62.2 cm³/mol. The minimum absolute atomic E-state index is 0.373. The van der Waals surface area contributed by atoms with E-state index >= 15 is 0 Å². The summed E-state index contributed by atoms with van der Waals surface area (Å²) in [5.74, 6) is 1.49. The van der Waals surface area contributed by atoms with E-state index < -0.39 is 0 Å². The SMILES string of the molecule is CC1CC(C)N(CCC(N)C(C)C)C1. The Kier molecular flexibility index (Phi) is 4.39. The molecule has 0 spiro atoms. The van der Waals surface area contributed by atoms with Crippen LogP contribution in [0.4, 0.5) is 0 Å². The summed E-state index contributed by atoms with van der Waals surface area (Å²) in [6.45, 7) is 11.6. The molecule has 3 unspecified atom stereocenters. The number of hydrogen-bond acceptors (Lipinski definition) is 2. The maximum atomic E-state index is 6.05. The van der Waals surface area contributed by atoms with Gasteiger partial charge in [-0.2, -0.15) is 0 Å². The monoisotopic (exact) mass is 198 g/mol. The summed E-state index contributed by atoms with van der Waals surface area (Å²) in [7, 11) is 0. The second-order valence-corrected chi connectivity index (χ2v) is 5.38. The van der Waals surface area contributed by atoms with Crippen molar-refractivity contribution in [2.75, 3.05) is 13.1 Å². The first-order valence-electron chi connectivity index (χ1n) is 6.00. The van der Waals surface area contributed by atoms with Gasteiger partial charge >= 0.3 is 0 Å². The van der Waals surface area contributed by atoms with Gasteiger partial charge in [0.2, 0.25) is 0 Å². The number of nitrogens with zero attached hydrogens (tertiary/aromatic N) is 1. The number of likely N-dealkylation sites (tertiary alicyclic amines) is 1. The van der Waals surface area contributed by atoms with Crippen molar-refractivity contribution >= 4 is 0 Å². The van der Waals surface area contributed by atoms with Crippen LogP contribution in [0.2, 0.25) is 0 Å². The Morgan fingerprint density at radius 3 is 2.43 bits per heavy atom. The fourth-order valence-electron chi connectivity index (χ4n) is 2.35. The summed E-state index contributed by atoms with van der Waals surface area (Å²) in [6, 6.07) is 1.14. The minimum Gasteiger partial charge on any atom is -0.327 e. The van der Waals surface area contributed by atoms with Crippen LogP contribution >= 0.6 is 0 Å². The number of nitrogens with two attached hydrogens (primary N) is 1. The molecule has 1 heterocycles. The molecule has 2 heteroatoms. The fraction of sp³-hybridized carbons (Fsp3) is 1.00. The molecule has 3 atom stereocenters. The lowest BCUT2D eigenvalue weighted by Crippen LogP contribution is -2.35. The molecular weight excluding hydrogens is 172 g/mol. The van der Waals surface area contributed by atoms with Gasteiger partial charge in [0, 0.05) is 18.6 Å². The Morgan fingerprint density at radius 1 is 1.36 bits per heavy atom. The molecule has 1 aliphatic heterocycles. The third kappa shape index (κ3) is 3.25.